The van der Waals surface area contributed by atoms with Gasteiger partial charge in [0.2, 0.25) is 0 Å². The molecule has 0 aliphatic heterocycles. The van der Waals surface area contributed by atoms with Crippen molar-refractivity contribution in [1.82, 2.24) is 14.8 Å². The van der Waals surface area contributed by atoms with Crippen molar-refractivity contribution in [3.05, 3.63) is 34.5 Å². The molecule has 0 spiro atoms. The Morgan fingerprint density at radius 2 is 2.22 bits per heavy atom. The number of hydrogen-bond donors (Lipinski definition) is 2. The normalized spacial score (nSPS) is 14.9. The van der Waals surface area contributed by atoms with Crippen LogP contribution in [0.2, 0.25) is 0 Å². The molecular formula is C11H11FN4OS. The SMILES string of the molecule is Nc1cc(F)cc(Sc2n[nH]c(=O)n2C2CC2)c1. The molecule has 3 N–H and O–H groups in total. The highest BCUT2D eigenvalue weighted by atomic mass is 32.2. The highest BCUT2D eigenvalue weighted by Crippen LogP contribution is 2.37. The average Bonchev–Trinajstić information content (AvgIpc) is 3.04. The lowest BCUT2D eigenvalue weighted by molar-refractivity contribution is 0.624. The van der Waals surface area contributed by atoms with Gasteiger partial charge in [-0.3, -0.25) is 4.57 Å². The van der Waals surface area contributed by atoms with Gasteiger partial charge in [-0.1, -0.05) is 0 Å². The van der Waals surface area contributed by atoms with Crippen LogP contribution < -0.4 is 11.4 Å². The van der Waals surface area contributed by atoms with Gasteiger partial charge in [-0.2, -0.15) is 0 Å². The van der Waals surface area contributed by atoms with E-state index in [0.717, 1.165) is 12.8 Å². The number of nitrogens with one attached hydrogen (secondary N) is 1. The molecule has 0 amide bonds. The maximum absolute atomic E-state index is 13.2. The fourth-order valence-corrected chi connectivity index (χ4v) is 2.76. The largest absolute Gasteiger partial charge is 0.399 e. The van der Waals surface area contributed by atoms with E-state index in [2.05, 4.69) is 10.2 Å². The van der Waals surface area contributed by atoms with E-state index in [0.29, 0.717) is 15.7 Å². The second-order valence-electron chi connectivity index (χ2n) is 4.23. The van der Waals surface area contributed by atoms with E-state index in [4.69, 9.17) is 5.73 Å². The molecule has 5 nitrogen and oxygen atoms in total. The zero-order valence-electron chi connectivity index (χ0n) is 9.39. The van der Waals surface area contributed by atoms with Gasteiger partial charge in [0.05, 0.1) is 0 Å². The fourth-order valence-electron chi connectivity index (χ4n) is 1.77. The molecule has 2 aromatic rings. The summed E-state index contributed by atoms with van der Waals surface area (Å²) >= 11 is 1.23. The molecule has 1 aromatic heterocycles. The van der Waals surface area contributed by atoms with Gasteiger partial charge in [-0.05, 0) is 42.8 Å². The molecule has 0 unspecified atom stereocenters. The maximum atomic E-state index is 13.2. The van der Waals surface area contributed by atoms with E-state index in [1.54, 1.807) is 10.6 Å². The van der Waals surface area contributed by atoms with E-state index in [1.807, 2.05) is 0 Å². The molecule has 0 bridgehead atoms. The van der Waals surface area contributed by atoms with Gasteiger partial charge in [0.1, 0.15) is 5.82 Å². The Hall–Kier alpha value is -1.76. The van der Waals surface area contributed by atoms with Crippen LogP contribution in [0.25, 0.3) is 0 Å². The molecule has 7 heteroatoms. The Labute approximate surface area is 106 Å². The molecule has 1 saturated carbocycles. The highest BCUT2D eigenvalue weighted by Gasteiger charge is 2.28. The minimum absolute atomic E-state index is 0.218. The van der Waals surface area contributed by atoms with Crippen LogP contribution in [0.15, 0.2) is 33.0 Å². The Balaban J connectivity index is 1.94. The Morgan fingerprint density at radius 1 is 1.44 bits per heavy atom. The van der Waals surface area contributed by atoms with E-state index in [9.17, 15) is 9.18 Å². The first-order chi connectivity index (χ1) is 8.63. The molecule has 1 fully saturated rings. The van der Waals surface area contributed by atoms with E-state index in [1.165, 1.54) is 23.9 Å². The maximum Gasteiger partial charge on any atom is 0.344 e. The molecule has 0 radical (unpaired) electrons. The summed E-state index contributed by atoms with van der Waals surface area (Å²) in [5.41, 5.74) is 5.72. The average molecular weight is 266 g/mol. The predicted molar refractivity (Wildman–Crippen MR) is 66.1 cm³/mol. The van der Waals surface area contributed by atoms with Crippen LogP contribution in [-0.4, -0.2) is 14.8 Å². The number of rotatable bonds is 3. The van der Waals surface area contributed by atoms with Crippen molar-refractivity contribution < 1.29 is 4.39 Å². The first-order valence-electron chi connectivity index (χ1n) is 5.54. The van der Waals surface area contributed by atoms with Crippen molar-refractivity contribution >= 4 is 17.4 Å². The number of benzene rings is 1. The number of nitrogens with zero attached hydrogens (tertiary/aromatic N) is 2. The number of hydrogen-bond acceptors (Lipinski definition) is 4. The summed E-state index contributed by atoms with van der Waals surface area (Å²) in [6, 6.07) is 4.51. The van der Waals surface area contributed by atoms with Crippen molar-refractivity contribution in [1.29, 1.82) is 0 Å². The van der Waals surface area contributed by atoms with Crippen LogP contribution >= 0.6 is 11.8 Å². The van der Waals surface area contributed by atoms with Gasteiger partial charge < -0.3 is 5.73 Å². The first-order valence-corrected chi connectivity index (χ1v) is 6.36. The molecule has 1 heterocycles. The summed E-state index contributed by atoms with van der Waals surface area (Å²) in [5.74, 6) is -0.395. The number of aromatic nitrogens is 3. The van der Waals surface area contributed by atoms with Gasteiger partial charge >= 0.3 is 5.69 Å². The number of aromatic amines is 1. The minimum atomic E-state index is -0.395. The standard InChI is InChI=1S/C11H11FN4OS/c12-6-3-7(13)5-9(4-6)18-11-15-14-10(17)16(11)8-1-2-8/h3-5,8H,1-2,13H2,(H,14,17). The monoisotopic (exact) mass is 266 g/mol. The van der Waals surface area contributed by atoms with Crippen LogP contribution in [0.3, 0.4) is 0 Å². The lowest BCUT2D eigenvalue weighted by Gasteiger charge is -2.04. The molecule has 18 heavy (non-hydrogen) atoms. The summed E-state index contributed by atoms with van der Waals surface area (Å²) < 4.78 is 14.8. The number of H-pyrrole nitrogens is 1. The molecule has 1 aliphatic carbocycles. The zero-order chi connectivity index (χ0) is 12.7. The zero-order valence-corrected chi connectivity index (χ0v) is 10.2. The van der Waals surface area contributed by atoms with E-state index >= 15 is 0 Å². The quantitative estimate of drug-likeness (QED) is 0.830. The topological polar surface area (TPSA) is 76.7 Å². The van der Waals surface area contributed by atoms with Crippen LogP contribution in [0.1, 0.15) is 18.9 Å². The Kier molecular flexibility index (Phi) is 2.62. The van der Waals surface area contributed by atoms with Crippen molar-refractivity contribution in [2.75, 3.05) is 5.73 Å². The lowest BCUT2D eigenvalue weighted by Crippen LogP contribution is -2.15. The predicted octanol–water partition coefficient (Wildman–Crippen LogP) is 1.78. The first kappa shape index (κ1) is 11.3. The van der Waals surface area contributed by atoms with Crippen molar-refractivity contribution in [2.45, 2.75) is 28.9 Å². The van der Waals surface area contributed by atoms with Crippen LogP contribution in [0.4, 0.5) is 10.1 Å². The van der Waals surface area contributed by atoms with Crippen LogP contribution in [-0.2, 0) is 0 Å². The molecular weight excluding hydrogens is 255 g/mol. The summed E-state index contributed by atoms with van der Waals surface area (Å²) in [6.07, 6.45) is 1.97. The van der Waals surface area contributed by atoms with Gasteiger partial charge in [0.15, 0.2) is 5.16 Å². The highest BCUT2D eigenvalue weighted by molar-refractivity contribution is 7.99. The molecule has 94 valence electrons. The van der Waals surface area contributed by atoms with Gasteiger partial charge in [-0.15, -0.1) is 5.10 Å². The van der Waals surface area contributed by atoms with Crippen LogP contribution in [0, 0.1) is 5.82 Å². The number of anilines is 1. The van der Waals surface area contributed by atoms with Crippen molar-refractivity contribution in [3.63, 3.8) is 0 Å². The molecule has 0 saturated heterocycles. The number of nitrogen functional groups attached to an aromatic ring is 1. The third-order valence-corrected chi connectivity index (χ3v) is 3.63. The molecule has 0 atom stereocenters. The van der Waals surface area contributed by atoms with Crippen LogP contribution in [0.5, 0.6) is 0 Å². The second-order valence-corrected chi connectivity index (χ2v) is 5.28. The second kappa shape index (κ2) is 4.16. The summed E-state index contributed by atoms with van der Waals surface area (Å²) in [7, 11) is 0. The Morgan fingerprint density at radius 3 is 2.89 bits per heavy atom. The molecule has 1 aromatic carbocycles. The van der Waals surface area contributed by atoms with Crippen molar-refractivity contribution in [3.8, 4) is 0 Å². The summed E-state index contributed by atoms with van der Waals surface area (Å²) in [6.45, 7) is 0. The summed E-state index contributed by atoms with van der Waals surface area (Å²) in [5, 5.41) is 6.92. The van der Waals surface area contributed by atoms with Gasteiger partial charge in [0, 0.05) is 16.6 Å². The van der Waals surface area contributed by atoms with Gasteiger partial charge in [0.25, 0.3) is 0 Å². The minimum Gasteiger partial charge on any atom is -0.399 e. The van der Waals surface area contributed by atoms with E-state index in [-0.39, 0.29) is 11.7 Å². The number of halogens is 1. The van der Waals surface area contributed by atoms with Gasteiger partial charge in [-0.25, -0.2) is 14.3 Å². The van der Waals surface area contributed by atoms with E-state index < -0.39 is 5.82 Å². The summed E-state index contributed by atoms with van der Waals surface area (Å²) in [4.78, 5) is 12.2. The smallest absolute Gasteiger partial charge is 0.344 e. The van der Waals surface area contributed by atoms with Crippen molar-refractivity contribution in [2.24, 2.45) is 0 Å². The third kappa shape index (κ3) is 2.13. The number of nitrogens with two attached hydrogens (primary N) is 1. The molecule has 1 aliphatic rings. The molecule has 3 rings (SSSR count). The Bertz CT molecular complexity index is 626. The third-order valence-electron chi connectivity index (χ3n) is 2.69. The fraction of sp³-hybridized carbons (Fsp3) is 0.273. The lowest BCUT2D eigenvalue weighted by atomic mass is 10.3.